The fraction of sp³-hybridized carbons (Fsp3) is 0.353. The molecule has 4 fully saturated rings. The van der Waals surface area contributed by atoms with Crippen molar-refractivity contribution in [3.05, 3.63) is 245 Å². The summed E-state index contributed by atoms with van der Waals surface area (Å²) in [5.74, 6) is -1.17. The smallest absolute Gasteiger partial charge is 0.262 e. The Morgan fingerprint density at radius 2 is 1.02 bits per heavy atom. The number of benzene rings is 7. The quantitative estimate of drug-likeness (QED) is 0.0649. The van der Waals surface area contributed by atoms with Crippen LogP contribution in [0.25, 0.3) is 0 Å². The van der Waals surface area contributed by atoms with Crippen molar-refractivity contribution in [2.75, 3.05) is 13.2 Å². The zero-order valence-corrected chi connectivity index (χ0v) is 47.9. The van der Waals surface area contributed by atoms with Crippen molar-refractivity contribution in [2.45, 2.75) is 143 Å². The fourth-order valence-electron chi connectivity index (χ4n) is 11.6. The molecule has 0 aromatic heterocycles. The molecule has 5 aliphatic rings. The van der Waals surface area contributed by atoms with E-state index in [9.17, 15) is 10.2 Å². The molecule has 16 atom stereocenters. The number of carbonyl (C=O) groups excluding carboxylic acids is 2. The monoisotopic (exact) mass is 1170 g/mol. The number of aryl methyl sites for hydroxylation is 1. The van der Waals surface area contributed by atoms with Gasteiger partial charge in [0, 0.05) is 10.5 Å². The van der Waals surface area contributed by atoms with Gasteiger partial charge in [-0.15, -0.1) is 0 Å². The maximum atomic E-state index is 15.3. The van der Waals surface area contributed by atoms with Gasteiger partial charge in [0.05, 0.1) is 56.9 Å². The van der Waals surface area contributed by atoms with Crippen molar-refractivity contribution < 1.29 is 71.9 Å². The number of ether oxygens (including phenoxy) is 11. The largest absolute Gasteiger partial charge is 0.387 e. The summed E-state index contributed by atoms with van der Waals surface area (Å²) < 4.78 is 75.8. The summed E-state index contributed by atoms with van der Waals surface area (Å²) in [7, 11) is 0. The standard InChI is InChI=1S/C68H69NO15S/c1-42-32-34-49(35-33-42)85-68-54(69-63(72)50-30-18-19-31-51(50)64(69)73)60(59(52(81-68)40-74-36-44-20-8-3-9-21-44)83-66-56(71)55(70)58-53(80-66)41-78-65(82-58)48-28-16-7-17-29-48)84-67-62(77-39-47-26-14-6-15-27-47)61(76-38-46-24-12-5-13-25-46)57(43(2)79-67)75-37-45-22-10-4-11-23-45/h3-35,43,52-62,65-68,70-71H,36-41H2,1-2H3/t43-,52+,53+,54+,55+,56+,57+,58-,59+,60+,61+,62-,65-,66-,67-,68-/m0/s1. The second-order valence-corrected chi connectivity index (χ2v) is 23.1. The number of thioether (sulfide) groups is 1. The Balaban J connectivity index is 0.971. The number of hydrogen-bond donors (Lipinski definition) is 2. The summed E-state index contributed by atoms with van der Waals surface area (Å²) in [4.78, 5) is 32.5. The lowest BCUT2D eigenvalue weighted by Gasteiger charge is -2.53. The minimum Gasteiger partial charge on any atom is -0.387 e. The van der Waals surface area contributed by atoms with Crippen molar-refractivity contribution in [2.24, 2.45) is 0 Å². The number of aliphatic hydroxyl groups excluding tert-OH is 2. The van der Waals surface area contributed by atoms with Gasteiger partial charge in [0.2, 0.25) is 0 Å². The molecular formula is C68H69NO15S. The van der Waals surface area contributed by atoms with Crippen LogP contribution in [0.1, 0.15) is 67.3 Å². The van der Waals surface area contributed by atoms with Gasteiger partial charge < -0.3 is 62.3 Å². The highest BCUT2D eigenvalue weighted by Crippen LogP contribution is 2.45. The number of imide groups is 1. The van der Waals surface area contributed by atoms with Crippen molar-refractivity contribution >= 4 is 23.6 Å². The molecule has 0 saturated carbocycles. The van der Waals surface area contributed by atoms with Gasteiger partial charge in [-0.3, -0.25) is 14.5 Å². The maximum absolute atomic E-state index is 15.3. The van der Waals surface area contributed by atoms with Gasteiger partial charge in [0.1, 0.15) is 72.5 Å². The average molecular weight is 1170 g/mol. The first-order valence-corrected chi connectivity index (χ1v) is 29.8. The lowest BCUT2D eigenvalue weighted by molar-refractivity contribution is -0.386. The molecule has 0 bridgehead atoms. The summed E-state index contributed by atoms with van der Waals surface area (Å²) in [5, 5.41) is 24.4. The van der Waals surface area contributed by atoms with E-state index in [1.807, 2.05) is 190 Å². The third-order valence-electron chi connectivity index (χ3n) is 16.0. The molecule has 17 heteroatoms. The molecule has 5 aliphatic heterocycles. The van der Waals surface area contributed by atoms with Crippen LogP contribution in [0.3, 0.4) is 0 Å². The summed E-state index contributed by atoms with van der Waals surface area (Å²) in [6.07, 6.45) is -16.3. The van der Waals surface area contributed by atoms with E-state index < -0.39 is 109 Å². The van der Waals surface area contributed by atoms with Crippen LogP contribution < -0.4 is 0 Å². The number of amides is 2. The van der Waals surface area contributed by atoms with E-state index in [1.165, 1.54) is 16.7 Å². The molecule has 12 rings (SSSR count). The van der Waals surface area contributed by atoms with Gasteiger partial charge in [-0.05, 0) is 60.4 Å². The molecule has 7 aromatic carbocycles. The summed E-state index contributed by atoms with van der Waals surface area (Å²) in [6, 6.07) is 61.5. The van der Waals surface area contributed by atoms with Gasteiger partial charge in [0.15, 0.2) is 18.9 Å². The van der Waals surface area contributed by atoms with Crippen LogP contribution >= 0.6 is 11.8 Å². The number of fused-ring (bicyclic) bond motifs is 2. The van der Waals surface area contributed by atoms with Gasteiger partial charge in [0.25, 0.3) is 11.8 Å². The number of nitrogens with zero attached hydrogens (tertiary/aromatic N) is 1. The van der Waals surface area contributed by atoms with E-state index in [-0.39, 0.29) is 50.8 Å². The highest BCUT2D eigenvalue weighted by atomic mass is 32.2. The summed E-state index contributed by atoms with van der Waals surface area (Å²) in [6.45, 7) is 4.36. The predicted molar refractivity (Wildman–Crippen MR) is 312 cm³/mol. The Morgan fingerprint density at radius 3 is 1.60 bits per heavy atom. The van der Waals surface area contributed by atoms with Crippen molar-refractivity contribution in [1.82, 2.24) is 4.90 Å². The first-order valence-electron chi connectivity index (χ1n) is 28.9. The third-order valence-corrected chi connectivity index (χ3v) is 17.1. The van der Waals surface area contributed by atoms with Crippen molar-refractivity contribution in [3.8, 4) is 0 Å². The zero-order valence-electron chi connectivity index (χ0n) is 47.1. The Labute approximate surface area is 498 Å². The highest BCUT2D eigenvalue weighted by Gasteiger charge is 2.60. The van der Waals surface area contributed by atoms with E-state index in [4.69, 9.17) is 52.1 Å². The normalized spacial score (nSPS) is 30.2. The van der Waals surface area contributed by atoms with E-state index in [0.717, 1.165) is 38.3 Å². The number of rotatable bonds is 21. The zero-order chi connectivity index (χ0) is 58.2. The Morgan fingerprint density at radius 1 is 0.518 bits per heavy atom. The second-order valence-electron chi connectivity index (χ2n) is 21.9. The summed E-state index contributed by atoms with van der Waals surface area (Å²) in [5.41, 5.74) is 4.65. The van der Waals surface area contributed by atoms with Crippen LogP contribution in [0, 0.1) is 6.92 Å². The molecule has 0 spiro atoms. The molecule has 0 aliphatic carbocycles. The number of hydrogen-bond acceptors (Lipinski definition) is 16. The molecule has 5 heterocycles. The average Bonchev–Trinajstić information content (AvgIpc) is 2.69. The minimum absolute atomic E-state index is 0.0301. The molecule has 0 radical (unpaired) electrons. The molecule has 16 nitrogen and oxygen atoms in total. The van der Waals surface area contributed by atoms with Crippen LogP contribution in [-0.2, 0) is 78.5 Å². The third kappa shape index (κ3) is 13.6. The predicted octanol–water partition coefficient (Wildman–Crippen LogP) is 9.53. The van der Waals surface area contributed by atoms with Crippen molar-refractivity contribution in [1.29, 1.82) is 0 Å². The first-order chi connectivity index (χ1) is 41.6. The minimum atomic E-state index is -1.72. The van der Waals surface area contributed by atoms with Gasteiger partial charge >= 0.3 is 0 Å². The van der Waals surface area contributed by atoms with Gasteiger partial charge in [-0.25, -0.2) is 0 Å². The lowest BCUT2D eigenvalue weighted by Crippen LogP contribution is -2.70. The molecule has 85 heavy (non-hydrogen) atoms. The highest BCUT2D eigenvalue weighted by molar-refractivity contribution is 7.99. The molecule has 2 amide bonds. The van der Waals surface area contributed by atoms with Crippen LogP contribution in [0.2, 0.25) is 0 Å². The van der Waals surface area contributed by atoms with Crippen molar-refractivity contribution in [3.63, 3.8) is 0 Å². The lowest BCUT2D eigenvalue weighted by atomic mass is 9.94. The molecule has 7 aromatic rings. The number of carbonyl (C=O) groups is 2. The summed E-state index contributed by atoms with van der Waals surface area (Å²) >= 11 is 1.30. The van der Waals surface area contributed by atoms with Crippen LogP contribution in [0.5, 0.6) is 0 Å². The first kappa shape index (κ1) is 58.9. The maximum Gasteiger partial charge on any atom is 0.262 e. The Bertz CT molecular complexity index is 3230. The second kappa shape index (κ2) is 27.5. The van der Waals surface area contributed by atoms with Gasteiger partial charge in [-0.1, -0.05) is 193 Å². The topological polar surface area (TPSA) is 179 Å². The van der Waals surface area contributed by atoms with E-state index in [2.05, 4.69) is 0 Å². The van der Waals surface area contributed by atoms with E-state index in [0.29, 0.717) is 0 Å². The molecule has 0 unspecified atom stereocenters. The molecule has 4 saturated heterocycles. The fourth-order valence-corrected chi connectivity index (χ4v) is 12.7. The Kier molecular flexibility index (Phi) is 19.0. The molecule has 2 N–H and O–H groups in total. The Hall–Kier alpha value is -6.49. The van der Waals surface area contributed by atoms with Crippen LogP contribution in [0.15, 0.2) is 205 Å². The van der Waals surface area contributed by atoms with E-state index in [1.54, 1.807) is 24.3 Å². The van der Waals surface area contributed by atoms with Crippen LogP contribution in [0.4, 0.5) is 0 Å². The number of aliphatic hydroxyl groups is 2. The van der Waals surface area contributed by atoms with E-state index >= 15 is 9.59 Å². The molecule has 442 valence electrons. The van der Waals surface area contributed by atoms with Gasteiger partial charge in [-0.2, -0.15) is 0 Å². The van der Waals surface area contributed by atoms with Crippen LogP contribution in [-0.4, -0.2) is 131 Å². The SMILES string of the molecule is Cc1ccc(S[C@@H]2O[C@H](COCc3ccccc3)[C@@H](O[C@@H]3O[C@@H]4CO[C@H](c5ccccc5)O[C@@H]4[C@H](O)[C@H]3O)[C@H](O[C@@H]3O[C@@H](C)[C@@H](OCc4ccccc4)[C@@H](OCc4ccccc4)[C@@H]3OCc3ccccc3)[C@H]2N2C(=O)c3ccccc3C2=O)cc1. The molecular weight excluding hydrogens is 1100 g/mol.